The van der Waals surface area contributed by atoms with Crippen LogP contribution in [-0.2, 0) is 23.1 Å². The SMILES string of the molecule is O=S(=O)(c1ccc(OC(F)(F)F)cc1)N1Cc2cccnc2C1. The Labute approximate surface area is 130 Å². The molecule has 0 atom stereocenters. The molecule has 0 bridgehead atoms. The summed E-state index contributed by atoms with van der Waals surface area (Å²) in [4.78, 5) is 4.02. The lowest BCUT2D eigenvalue weighted by atomic mass is 10.2. The van der Waals surface area contributed by atoms with Gasteiger partial charge >= 0.3 is 6.36 Å². The lowest BCUT2D eigenvalue weighted by Gasteiger charge is -2.16. The largest absolute Gasteiger partial charge is 0.573 e. The van der Waals surface area contributed by atoms with Crippen molar-refractivity contribution in [2.45, 2.75) is 24.3 Å². The molecule has 122 valence electrons. The number of sulfonamides is 1. The predicted molar refractivity (Wildman–Crippen MR) is 73.8 cm³/mol. The summed E-state index contributed by atoms with van der Waals surface area (Å²) in [7, 11) is -3.81. The van der Waals surface area contributed by atoms with Gasteiger partial charge in [0.2, 0.25) is 10.0 Å². The Balaban J connectivity index is 1.81. The summed E-state index contributed by atoms with van der Waals surface area (Å²) >= 11 is 0. The van der Waals surface area contributed by atoms with E-state index in [0.717, 1.165) is 29.8 Å². The number of ether oxygens (including phenoxy) is 1. The summed E-state index contributed by atoms with van der Waals surface area (Å²) in [6.45, 7) is 0.325. The van der Waals surface area contributed by atoms with Gasteiger partial charge in [-0.05, 0) is 35.9 Å². The summed E-state index contributed by atoms with van der Waals surface area (Å²) in [6, 6.07) is 7.64. The second-order valence-corrected chi connectivity index (χ2v) is 6.84. The first-order valence-corrected chi connectivity index (χ1v) is 7.98. The van der Waals surface area contributed by atoms with E-state index < -0.39 is 22.1 Å². The Morgan fingerprint density at radius 2 is 1.78 bits per heavy atom. The maximum Gasteiger partial charge on any atom is 0.573 e. The molecule has 0 radical (unpaired) electrons. The van der Waals surface area contributed by atoms with Crippen LogP contribution in [0.15, 0.2) is 47.5 Å². The molecule has 0 aliphatic carbocycles. The highest BCUT2D eigenvalue weighted by Crippen LogP contribution is 2.29. The first kappa shape index (κ1) is 15.8. The Morgan fingerprint density at radius 3 is 2.39 bits per heavy atom. The molecule has 5 nitrogen and oxygen atoms in total. The van der Waals surface area contributed by atoms with Crippen LogP contribution in [0, 0.1) is 0 Å². The van der Waals surface area contributed by atoms with Crippen molar-refractivity contribution >= 4 is 10.0 Å². The zero-order valence-corrected chi connectivity index (χ0v) is 12.4. The molecular weight excluding hydrogens is 333 g/mol. The number of hydrogen-bond donors (Lipinski definition) is 0. The molecule has 0 N–H and O–H groups in total. The maximum atomic E-state index is 12.5. The lowest BCUT2D eigenvalue weighted by molar-refractivity contribution is -0.274. The molecule has 0 unspecified atom stereocenters. The van der Waals surface area contributed by atoms with Gasteiger partial charge in [0.25, 0.3) is 0 Å². The molecule has 23 heavy (non-hydrogen) atoms. The topological polar surface area (TPSA) is 59.5 Å². The molecule has 1 aromatic heterocycles. The minimum atomic E-state index is -4.82. The molecule has 3 rings (SSSR count). The molecule has 1 aliphatic rings. The second-order valence-electron chi connectivity index (χ2n) is 4.90. The number of halogens is 3. The number of nitrogens with zero attached hydrogens (tertiary/aromatic N) is 2. The van der Waals surface area contributed by atoms with Crippen LogP contribution in [0.5, 0.6) is 5.75 Å². The second kappa shape index (κ2) is 5.50. The maximum absolute atomic E-state index is 12.5. The Hall–Kier alpha value is -2.13. The van der Waals surface area contributed by atoms with Crippen LogP contribution in [0.3, 0.4) is 0 Å². The van der Waals surface area contributed by atoms with Gasteiger partial charge in [-0.15, -0.1) is 13.2 Å². The quantitative estimate of drug-likeness (QED) is 0.859. The number of rotatable bonds is 3. The highest BCUT2D eigenvalue weighted by molar-refractivity contribution is 7.89. The van der Waals surface area contributed by atoms with Gasteiger partial charge in [-0.1, -0.05) is 6.07 Å². The highest BCUT2D eigenvalue weighted by Gasteiger charge is 2.33. The molecule has 9 heteroatoms. The highest BCUT2D eigenvalue weighted by atomic mass is 32.2. The van der Waals surface area contributed by atoms with Crippen molar-refractivity contribution in [2.75, 3.05) is 0 Å². The third-order valence-corrected chi connectivity index (χ3v) is 5.16. The van der Waals surface area contributed by atoms with E-state index in [4.69, 9.17) is 0 Å². The number of benzene rings is 1. The van der Waals surface area contributed by atoms with E-state index in [2.05, 4.69) is 9.72 Å². The van der Waals surface area contributed by atoms with Crippen molar-refractivity contribution < 1.29 is 26.3 Å². The summed E-state index contributed by atoms with van der Waals surface area (Å²) < 4.78 is 66.4. The Kier molecular flexibility index (Phi) is 3.77. The van der Waals surface area contributed by atoms with Gasteiger partial charge in [-0.25, -0.2) is 8.42 Å². The van der Waals surface area contributed by atoms with Gasteiger partial charge in [0.15, 0.2) is 0 Å². The Morgan fingerprint density at radius 1 is 1.09 bits per heavy atom. The van der Waals surface area contributed by atoms with Crippen LogP contribution in [0.1, 0.15) is 11.3 Å². The van der Waals surface area contributed by atoms with E-state index in [-0.39, 0.29) is 18.0 Å². The van der Waals surface area contributed by atoms with E-state index >= 15 is 0 Å². The molecule has 2 heterocycles. The van der Waals surface area contributed by atoms with E-state index in [1.54, 1.807) is 18.3 Å². The van der Waals surface area contributed by atoms with Gasteiger partial charge in [0, 0.05) is 12.7 Å². The summed E-state index contributed by atoms with van der Waals surface area (Å²) in [5.41, 5.74) is 1.49. The van der Waals surface area contributed by atoms with Crippen molar-refractivity contribution in [1.29, 1.82) is 0 Å². The van der Waals surface area contributed by atoms with Crippen LogP contribution in [0.2, 0.25) is 0 Å². The van der Waals surface area contributed by atoms with E-state index in [1.807, 2.05) is 0 Å². The normalized spacial score (nSPS) is 15.4. The number of aromatic nitrogens is 1. The third-order valence-electron chi connectivity index (χ3n) is 3.35. The smallest absolute Gasteiger partial charge is 0.406 e. The summed E-state index contributed by atoms with van der Waals surface area (Å²) in [5.74, 6) is -0.470. The molecule has 0 spiro atoms. The van der Waals surface area contributed by atoms with Gasteiger partial charge in [-0.2, -0.15) is 4.31 Å². The fourth-order valence-corrected chi connectivity index (χ4v) is 3.68. The minimum absolute atomic E-state index is 0.0974. The fraction of sp³-hybridized carbons (Fsp3) is 0.214. The molecule has 1 aromatic carbocycles. The van der Waals surface area contributed by atoms with E-state index in [1.165, 1.54) is 4.31 Å². The minimum Gasteiger partial charge on any atom is -0.406 e. The summed E-state index contributed by atoms with van der Waals surface area (Å²) in [6.07, 6.45) is -3.24. The number of alkyl halides is 3. The monoisotopic (exact) mass is 344 g/mol. The molecule has 2 aromatic rings. The fourth-order valence-electron chi connectivity index (χ4n) is 2.30. The van der Waals surface area contributed by atoms with Crippen molar-refractivity contribution in [2.24, 2.45) is 0 Å². The molecule has 0 saturated carbocycles. The predicted octanol–water partition coefficient (Wildman–Crippen LogP) is 2.68. The zero-order valence-electron chi connectivity index (χ0n) is 11.6. The van der Waals surface area contributed by atoms with Gasteiger partial charge in [0.05, 0.1) is 17.1 Å². The van der Waals surface area contributed by atoms with Crippen molar-refractivity contribution in [1.82, 2.24) is 9.29 Å². The summed E-state index contributed by atoms with van der Waals surface area (Å²) in [5, 5.41) is 0. The van der Waals surface area contributed by atoms with Gasteiger partial charge < -0.3 is 4.74 Å². The average Bonchev–Trinajstić information content (AvgIpc) is 2.91. The van der Waals surface area contributed by atoms with Crippen LogP contribution >= 0.6 is 0 Å². The molecule has 1 aliphatic heterocycles. The molecule has 0 amide bonds. The number of fused-ring (bicyclic) bond motifs is 1. The van der Waals surface area contributed by atoms with E-state index in [9.17, 15) is 21.6 Å². The zero-order chi connectivity index (χ0) is 16.7. The van der Waals surface area contributed by atoms with Crippen LogP contribution in [0.4, 0.5) is 13.2 Å². The first-order chi connectivity index (χ1) is 10.8. The van der Waals surface area contributed by atoms with E-state index in [0.29, 0.717) is 5.69 Å². The first-order valence-electron chi connectivity index (χ1n) is 6.54. The van der Waals surface area contributed by atoms with Gasteiger partial charge in [-0.3, -0.25) is 4.98 Å². The molecule has 0 fully saturated rings. The third kappa shape index (κ3) is 3.30. The van der Waals surface area contributed by atoms with Crippen LogP contribution < -0.4 is 4.74 Å². The standard InChI is InChI=1S/C14H11F3N2O3S/c15-14(16,17)22-11-3-5-12(6-4-11)23(20,21)19-8-10-2-1-7-18-13(10)9-19/h1-7H,8-9H2. The van der Waals surface area contributed by atoms with Crippen LogP contribution in [-0.4, -0.2) is 24.1 Å². The van der Waals surface area contributed by atoms with Crippen LogP contribution in [0.25, 0.3) is 0 Å². The van der Waals surface area contributed by atoms with Crippen molar-refractivity contribution in [3.8, 4) is 5.75 Å². The molecule has 0 saturated heterocycles. The Bertz CT molecular complexity index is 795. The van der Waals surface area contributed by atoms with Crippen molar-refractivity contribution in [3.05, 3.63) is 53.9 Å². The molecular formula is C14H11F3N2O3S. The van der Waals surface area contributed by atoms with Crippen molar-refractivity contribution in [3.63, 3.8) is 0 Å². The van der Waals surface area contributed by atoms with Gasteiger partial charge in [0.1, 0.15) is 5.75 Å². The number of pyridine rings is 1. The number of hydrogen-bond acceptors (Lipinski definition) is 4. The average molecular weight is 344 g/mol. The lowest BCUT2D eigenvalue weighted by Crippen LogP contribution is -2.25.